The highest BCUT2D eigenvalue weighted by molar-refractivity contribution is 5.23. The van der Waals surface area contributed by atoms with Crippen molar-refractivity contribution in [2.45, 2.75) is 31.9 Å². The molecule has 6 heteroatoms. The maximum Gasteiger partial charge on any atom is 0.162 e. The average molecular weight is 314 g/mol. The molecule has 2 N–H and O–H groups in total. The lowest BCUT2D eigenvalue weighted by molar-refractivity contribution is 0.118. The van der Waals surface area contributed by atoms with E-state index in [-0.39, 0.29) is 6.04 Å². The van der Waals surface area contributed by atoms with Crippen LogP contribution in [-0.4, -0.2) is 54.9 Å². The van der Waals surface area contributed by atoms with E-state index in [1.807, 2.05) is 6.92 Å². The Morgan fingerprint density at radius 1 is 1.27 bits per heavy atom. The van der Waals surface area contributed by atoms with Gasteiger partial charge in [-0.1, -0.05) is 0 Å². The molecule has 1 heterocycles. The number of hydrogen-bond donors (Lipinski definition) is 2. The van der Waals surface area contributed by atoms with Crippen LogP contribution in [-0.2, 0) is 0 Å². The Morgan fingerprint density at radius 3 is 2.68 bits per heavy atom. The van der Waals surface area contributed by atoms with Crippen molar-refractivity contribution in [2.24, 2.45) is 0 Å². The van der Waals surface area contributed by atoms with Crippen LogP contribution in [0.5, 0.6) is 5.75 Å². The van der Waals surface area contributed by atoms with Crippen LogP contribution in [0.3, 0.4) is 0 Å². The van der Waals surface area contributed by atoms with Gasteiger partial charge in [0.1, 0.15) is 12.4 Å². The van der Waals surface area contributed by atoms with Gasteiger partial charge in [-0.2, -0.15) is 0 Å². The number of aliphatic hydroxyl groups is 1. The molecule has 0 aromatic heterocycles. The number of rotatable bonds is 8. The summed E-state index contributed by atoms with van der Waals surface area (Å²) in [4.78, 5) is 2.26. The Labute approximate surface area is 130 Å². The van der Waals surface area contributed by atoms with E-state index in [0.717, 1.165) is 25.2 Å². The minimum absolute atomic E-state index is 0.00124. The summed E-state index contributed by atoms with van der Waals surface area (Å²) in [5, 5.41) is 13.2. The molecular formula is C16H24F2N2O2. The molecule has 1 aliphatic heterocycles. The van der Waals surface area contributed by atoms with Gasteiger partial charge in [-0.3, -0.25) is 0 Å². The van der Waals surface area contributed by atoms with Gasteiger partial charge in [0.15, 0.2) is 11.6 Å². The maximum atomic E-state index is 13.0. The first-order chi connectivity index (χ1) is 10.5. The van der Waals surface area contributed by atoms with Crippen molar-refractivity contribution in [1.29, 1.82) is 0 Å². The molecule has 1 fully saturated rings. The molecule has 0 spiro atoms. The zero-order valence-electron chi connectivity index (χ0n) is 12.9. The summed E-state index contributed by atoms with van der Waals surface area (Å²) in [7, 11) is 0. The van der Waals surface area contributed by atoms with Crippen LogP contribution in [0.4, 0.5) is 8.78 Å². The number of nitrogens with one attached hydrogen (secondary N) is 1. The van der Waals surface area contributed by atoms with Gasteiger partial charge in [0.05, 0.1) is 6.10 Å². The van der Waals surface area contributed by atoms with Crippen LogP contribution in [0, 0.1) is 11.6 Å². The predicted molar refractivity (Wildman–Crippen MR) is 81.0 cm³/mol. The zero-order valence-corrected chi connectivity index (χ0v) is 12.9. The molecule has 2 unspecified atom stereocenters. The van der Waals surface area contributed by atoms with Crippen molar-refractivity contribution in [2.75, 3.05) is 32.8 Å². The Hall–Kier alpha value is -1.24. The van der Waals surface area contributed by atoms with Crippen LogP contribution < -0.4 is 10.1 Å². The molecule has 1 saturated heterocycles. The second-order valence-electron chi connectivity index (χ2n) is 5.86. The van der Waals surface area contributed by atoms with E-state index < -0.39 is 17.7 Å². The van der Waals surface area contributed by atoms with Gasteiger partial charge < -0.3 is 20.1 Å². The Morgan fingerprint density at radius 2 is 2.00 bits per heavy atom. The van der Waals surface area contributed by atoms with E-state index in [9.17, 15) is 13.9 Å². The fourth-order valence-corrected chi connectivity index (χ4v) is 2.51. The van der Waals surface area contributed by atoms with E-state index in [0.29, 0.717) is 25.4 Å². The molecular weight excluding hydrogens is 290 g/mol. The fourth-order valence-electron chi connectivity index (χ4n) is 2.51. The highest BCUT2D eigenvalue weighted by Crippen LogP contribution is 2.15. The number of halogens is 2. The van der Waals surface area contributed by atoms with E-state index in [1.54, 1.807) is 0 Å². The zero-order chi connectivity index (χ0) is 15.9. The molecule has 1 aromatic rings. The van der Waals surface area contributed by atoms with Gasteiger partial charge in [-0.25, -0.2) is 8.78 Å². The van der Waals surface area contributed by atoms with Crippen molar-refractivity contribution in [3.8, 4) is 5.75 Å². The summed E-state index contributed by atoms with van der Waals surface area (Å²) in [6.07, 6.45) is 2.00. The number of likely N-dealkylation sites (tertiary alicyclic amines) is 1. The number of hydrogen-bond acceptors (Lipinski definition) is 4. The quantitative estimate of drug-likeness (QED) is 0.768. The summed E-state index contributed by atoms with van der Waals surface area (Å²) >= 11 is 0. The number of β-amino-alcohol motifs (C(OH)–C–C–N with tert-alkyl or cyclic N) is 1. The fraction of sp³-hybridized carbons (Fsp3) is 0.625. The molecule has 4 nitrogen and oxygen atoms in total. The monoisotopic (exact) mass is 314 g/mol. The molecule has 0 saturated carbocycles. The van der Waals surface area contributed by atoms with Crippen molar-refractivity contribution < 1.29 is 18.6 Å². The number of nitrogens with zero attached hydrogens (tertiary/aromatic N) is 1. The first-order valence-electron chi connectivity index (χ1n) is 7.76. The Kier molecular flexibility index (Phi) is 6.54. The van der Waals surface area contributed by atoms with Crippen molar-refractivity contribution in [1.82, 2.24) is 10.2 Å². The van der Waals surface area contributed by atoms with E-state index in [2.05, 4.69) is 10.2 Å². The van der Waals surface area contributed by atoms with E-state index in [1.165, 1.54) is 18.9 Å². The van der Waals surface area contributed by atoms with Crippen molar-refractivity contribution >= 4 is 0 Å². The molecule has 124 valence electrons. The SMILES string of the molecule is CC(COc1ccc(F)c(F)c1)NCC(O)CN1CCCC1. The first kappa shape index (κ1) is 17.1. The topological polar surface area (TPSA) is 44.7 Å². The van der Waals surface area contributed by atoms with Crippen molar-refractivity contribution in [3.05, 3.63) is 29.8 Å². The highest BCUT2D eigenvalue weighted by atomic mass is 19.2. The van der Waals surface area contributed by atoms with Crippen LogP contribution in [0.15, 0.2) is 18.2 Å². The van der Waals surface area contributed by atoms with Gasteiger partial charge in [0, 0.05) is 25.2 Å². The molecule has 2 rings (SSSR count). The summed E-state index contributed by atoms with van der Waals surface area (Å²) in [5.41, 5.74) is 0. The summed E-state index contributed by atoms with van der Waals surface area (Å²) in [6, 6.07) is 3.47. The molecule has 22 heavy (non-hydrogen) atoms. The van der Waals surface area contributed by atoms with Crippen LogP contribution >= 0.6 is 0 Å². The largest absolute Gasteiger partial charge is 0.492 e. The molecule has 2 atom stereocenters. The third kappa shape index (κ3) is 5.51. The molecule has 1 aromatic carbocycles. The summed E-state index contributed by atoms with van der Waals surface area (Å²) in [6.45, 7) is 5.53. The van der Waals surface area contributed by atoms with Gasteiger partial charge in [0.25, 0.3) is 0 Å². The lowest BCUT2D eigenvalue weighted by Gasteiger charge is -2.21. The summed E-state index contributed by atoms with van der Waals surface area (Å²) < 4.78 is 31.3. The second kappa shape index (κ2) is 8.41. The standard InChI is InChI=1S/C16H24F2N2O2/c1-12(11-22-14-4-5-15(17)16(18)8-14)19-9-13(21)10-20-6-2-3-7-20/h4-5,8,12-13,19,21H,2-3,6-7,9-11H2,1H3. The van der Waals surface area contributed by atoms with Gasteiger partial charge in [-0.05, 0) is 45.0 Å². The molecule has 1 aliphatic rings. The molecule has 0 radical (unpaired) electrons. The first-order valence-corrected chi connectivity index (χ1v) is 7.76. The van der Waals surface area contributed by atoms with Gasteiger partial charge in [0.2, 0.25) is 0 Å². The predicted octanol–water partition coefficient (Wildman–Crippen LogP) is 1.78. The minimum Gasteiger partial charge on any atom is -0.492 e. The molecule has 0 amide bonds. The van der Waals surface area contributed by atoms with Gasteiger partial charge in [-0.15, -0.1) is 0 Å². The normalized spacial score (nSPS) is 18.4. The van der Waals surface area contributed by atoms with Crippen LogP contribution in [0.2, 0.25) is 0 Å². The van der Waals surface area contributed by atoms with Crippen LogP contribution in [0.25, 0.3) is 0 Å². The van der Waals surface area contributed by atoms with Crippen molar-refractivity contribution in [3.63, 3.8) is 0 Å². The molecule has 0 aliphatic carbocycles. The minimum atomic E-state index is -0.917. The average Bonchev–Trinajstić information content (AvgIpc) is 2.99. The Balaban J connectivity index is 1.64. The number of aliphatic hydroxyl groups excluding tert-OH is 1. The lowest BCUT2D eigenvalue weighted by atomic mass is 10.3. The van der Waals surface area contributed by atoms with Gasteiger partial charge >= 0.3 is 0 Å². The Bertz CT molecular complexity index is 467. The third-order valence-electron chi connectivity index (χ3n) is 3.76. The maximum absolute atomic E-state index is 13.0. The highest BCUT2D eigenvalue weighted by Gasteiger charge is 2.16. The molecule has 0 bridgehead atoms. The second-order valence-corrected chi connectivity index (χ2v) is 5.86. The third-order valence-corrected chi connectivity index (χ3v) is 3.76. The smallest absolute Gasteiger partial charge is 0.162 e. The number of benzene rings is 1. The lowest BCUT2D eigenvalue weighted by Crippen LogP contribution is -2.41. The van der Waals surface area contributed by atoms with E-state index in [4.69, 9.17) is 4.74 Å². The van der Waals surface area contributed by atoms with E-state index >= 15 is 0 Å². The van der Waals surface area contributed by atoms with Crippen LogP contribution in [0.1, 0.15) is 19.8 Å². The summed E-state index contributed by atoms with van der Waals surface area (Å²) in [5.74, 6) is -1.51. The number of ether oxygens (including phenoxy) is 1.